The number of thiophene rings is 1. The van der Waals surface area contributed by atoms with E-state index in [0.717, 1.165) is 12.0 Å². The van der Waals surface area contributed by atoms with E-state index >= 15 is 0 Å². The lowest BCUT2D eigenvalue weighted by atomic mass is 10.1. The first-order valence-electron chi connectivity index (χ1n) is 8.35. The highest BCUT2D eigenvalue weighted by Crippen LogP contribution is 2.13. The second kappa shape index (κ2) is 9.72. The van der Waals surface area contributed by atoms with Crippen molar-refractivity contribution in [1.82, 2.24) is 10.6 Å². The lowest BCUT2D eigenvalue weighted by Crippen LogP contribution is -2.34. The summed E-state index contributed by atoms with van der Waals surface area (Å²) in [6.07, 6.45) is 0.958. The molecule has 0 spiro atoms. The van der Waals surface area contributed by atoms with E-state index in [9.17, 15) is 14.4 Å². The lowest BCUT2D eigenvalue weighted by Gasteiger charge is -2.15. The maximum absolute atomic E-state index is 11.9. The fourth-order valence-electron chi connectivity index (χ4n) is 2.25. The molecule has 2 amide bonds. The number of carbonyl (C=O) groups excluding carboxylic acids is 3. The van der Waals surface area contributed by atoms with Crippen LogP contribution < -0.4 is 10.6 Å². The predicted octanol–water partition coefficient (Wildman–Crippen LogP) is 2.46. The number of benzene rings is 1. The molecule has 0 radical (unpaired) electrons. The zero-order valence-corrected chi connectivity index (χ0v) is 15.6. The highest BCUT2D eigenvalue weighted by atomic mass is 32.1. The van der Waals surface area contributed by atoms with Gasteiger partial charge in [0.1, 0.15) is 6.54 Å². The zero-order valence-electron chi connectivity index (χ0n) is 14.8. The van der Waals surface area contributed by atoms with Gasteiger partial charge in [-0.25, -0.2) is 0 Å². The topological polar surface area (TPSA) is 84.5 Å². The van der Waals surface area contributed by atoms with Crippen LogP contribution in [0.2, 0.25) is 0 Å². The summed E-state index contributed by atoms with van der Waals surface area (Å²) >= 11 is 1.28. The summed E-state index contributed by atoms with van der Waals surface area (Å²) in [7, 11) is 0. The van der Waals surface area contributed by atoms with Gasteiger partial charge in [0.05, 0.1) is 10.9 Å². The number of hydrogen-bond donors (Lipinski definition) is 2. The van der Waals surface area contributed by atoms with E-state index in [0.29, 0.717) is 4.88 Å². The molecule has 1 heterocycles. The molecular formula is C19H22N2O4S. The van der Waals surface area contributed by atoms with E-state index in [1.165, 1.54) is 16.9 Å². The molecule has 1 aromatic heterocycles. The van der Waals surface area contributed by atoms with Crippen LogP contribution in [-0.2, 0) is 20.7 Å². The molecule has 1 aromatic carbocycles. The molecule has 0 unspecified atom stereocenters. The number of ether oxygens (including phenoxy) is 1. The SMILES string of the molecule is CCc1ccc([C@@H](C)NC(=O)COC(=O)CNC(=O)c2cccs2)cc1. The standard InChI is InChI=1S/C19H22N2O4S/c1-3-14-6-8-15(9-7-14)13(2)21-17(22)12-25-18(23)11-20-19(24)16-5-4-10-26-16/h4-10,13H,3,11-12H2,1-2H3,(H,20,24)(H,21,22)/t13-/m1/s1. The fourth-order valence-corrected chi connectivity index (χ4v) is 2.89. The largest absolute Gasteiger partial charge is 0.454 e. The Labute approximate surface area is 156 Å². The number of hydrogen-bond acceptors (Lipinski definition) is 5. The van der Waals surface area contributed by atoms with E-state index in [4.69, 9.17) is 4.74 Å². The number of carbonyl (C=O) groups is 3. The third-order valence-electron chi connectivity index (χ3n) is 3.77. The molecule has 0 fully saturated rings. The number of rotatable bonds is 8. The molecule has 138 valence electrons. The molecule has 0 bridgehead atoms. The maximum Gasteiger partial charge on any atom is 0.325 e. The van der Waals surface area contributed by atoms with Crippen LogP contribution in [0.15, 0.2) is 41.8 Å². The average Bonchev–Trinajstić information content (AvgIpc) is 3.19. The second-order valence-electron chi connectivity index (χ2n) is 5.70. The van der Waals surface area contributed by atoms with E-state index in [1.807, 2.05) is 31.2 Å². The van der Waals surface area contributed by atoms with Gasteiger partial charge in [-0.05, 0) is 35.9 Å². The number of nitrogens with one attached hydrogen (secondary N) is 2. The van der Waals surface area contributed by atoms with Crippen molar-refractivity contribution in [3.05, 3.63) is 57.8 Å². The molecule has 0 saturated carbocycles. The number of aryl methyl sites for hydroxylation is 1. The molecule has 0 aliphatic rings. The van der Waals surface area contributed by atoms with Crippen molar-refractivity contribution in [2.45, 2.75) is 26.3 Å². The quantitative estimate of drug-likeness (QED) is 0.695. The van der Waals surface area contributed by atoms with Crippen LogP contribution in [0.5, 0.6) is 0 Å². The second-order valence-corrected chi connectivity index (χ2v) is 6.65. The van der Waals surface area contributed by atoms with Crippen molar-refractivity contribution in [3.8, 4) is 0 Å². The summed E-state index contributed by atoms with van der Waals surface area (Å²) < 4.78 is 4.88. The van der Waals surface area contributed by atoms with Crippen LogP contribution in [0.25, 0.3) is 0 Å². The van der Waals surface area contributed by atoms with E-state index in [2.05, 4.69) is 17.6 Å². The van der Waals surface area contributed by atoms with E-state index in [1.54, 1.807) is 17.5 Å². The molecule has 0 saturated heterocycles. The van der Waals surface area contributed by atoms with Gasteiger partial charge >= 0.3 is 5.97 Å². The minimum Gasteiger partial charge on any atom is -0.454 e. The van der Waals surface area contributed by atoms with E-state index in [-0.39, 0.29) is 25.1 Å². The normalized spacial score (nSPS) is 11.5. The van der Waals surface area contributed by atoms with Crippen LogP contribution in [0.1, 0.15) is 40.7 Å². The van der Waals surface area contributed by atoms with Crippen molar-refractivity contribution in [1.29, 1.82) is 0 Å². The highest BCUT2D eigenvalue weighted by molar-refractivity contribution is 7.12. The van der Waals surface area contributed by atoms with Crippen LogP contribution in [0.4, 0.5) is 0 Å². The molecule has 2 aromatic rings. The Kier molecular flexibility index (Phi) is 7.35. The molecule has 2 rings (SSSR count). The monoisotopic (exact) mass is 374 g/mol. The number of esters is 1. The Morgan fingerprint density at radius 3 is 2.50 bits per heavy atom. The van der Waals surface area contributed by atoms with Gasteiger partial charge in [-0.2, -0.15) is 0 Å². The smallest absolute Gasteiger partial charge is 0.325 e. The third-order valence-corrected chi connectivity index (χ3v) is 4.64. The fraction of sp³-hybridized carbons (Fsp3) is 0.316. The number of amides is 2. The van der Waals surface area contributed by atoms with Gasteiger partial charge in [0.25, 0.3) is 11.8 Å². The molecule has 6 nitrogen and oxygen atoms in total. The summed E-state index contributed by atoms with van der Waals surface area (Å²) in [6, 6.07) is 11.2. The Bertz CT molecular complexity index is 741. The Morgan fingerprint density at radius 2 is 1.88 bits per heavy atom. The van der Waals surface area contributed by atoms with E-state index < -0.39 is 11.9 Å². The molecule has 0 aliphatic heterocycles. The molecule has 1 atom stereocenters. The summed E-state index contributed by atoms with van der Waals surface area (Å²) in [5.74, 6) is -1.40. The Hall–Kier alpha value is -2.67. The lowest BCUT2D eigenvalue weighted by molar-refractivity contribution is -0.147. The summed E-state index contributed by atoms with van der Waals surface area (Å²) in [4.78, 5) is 35.8. The van der Waals surface area contributed by atoms with Crippen molar-refractivity contribution < 1.29 is 19.1 Å². The zero-order chi connectivity index (χ0) is 18.9. The Balaban J connectivity index is 1.70. The maximum atomic E-state index is 11.9. The minimum absolute atomic E-state index is 0.189. The molecular weight excluding hydrogens is 352 g/mol. The molecule has 0 aliphatic carbocycles. The van der Waals surface area contributed by atoms with Crippen LogP contribution >= 0.6 is 11.3 Å². The molecule has 2 N–H and O–H groups in total. The van der Waals surface area contributed by atoms with Crippen LogP contribution in [0, 0.1) is 0 Å². The first kappa shape index (κ1) is 19.7. The van der Waals surface area contributed by atoms with Crippen molar-refractivity contribution in [2.24, 2.45) is 0 Å². The van der Waals surface area contributed by atoms with Gasteiger partial charge < -0.3 is 15.4 Å². The van der Waals surface area contributed by atoms with Crippen molar-refractivity contribution in [3.63, 3.8) is 0 Å². The summed E-state index contributed by atoms with van der Waals surface area (Å²) in [5.41, 5.74) is 2.20. The van der Waals surface area contributed by atoms with Gasteiger partial charge in [0.2, 0.25) is 0 Å². The molecule has 7 heteroatoms. The van der Waals surface area contributed by atoms with Gasteiger partial charge in [-0.3, -0.25) is 14.4 Å². The van der Waals surface area contributed by atoms with Gasteiger partial charge in [0, 0.05) is 0 Å². The predicted molar refractivity (Wildman–Crippen MR) is 100.0 cm³/mol. The first-order valence-corrected chi connectivity index (χ1v) is 9.23. The van der Waals surface area contributed by atoms with Crippen LogP contribution in [-0.4, -0.2) is 30.9 Å². The molecule has 26 heavy (non-hydrogen) atoms. The third kappa shape index (κ3) is 6.00. The van der Waals surface area contributed by atoms with Crippen molar-refractivity contribution in [2.75, 3.05) is 13.2 Å². The van der Waals surface area contributed by atoms with Crippen LogP contribution in [0.3, 0.4) is 0 Å². The first-order chi connectivity index (χ1) is 12.5. The van der Waals surface area contributed by atoms with Gasteiger partial charge in [0.15, 0.2) is 6.61 Å². The minimum atomic E-state index is -0.662. The summed E-state index contributed by atoms with van der Waals surface area (Å²) in [6.45, 7) is 3.28. The average molecular weight is 374 g/mol. The highest BCUT2D eigenvalue weighted by Gasteiger charge is 2.13. The van der Waals surface area contributed by atoms with Gasteiger partial charge in [-0.1, -0.05) is 37.3 Å². The Morgan fingerprint density at radius 1 is 1.15 bits per heavy atom. The summed E-state index contributed by atoms with van der Waals surface area (Å²) in [5, 5.41) is 7.00. The van der Waals surface area contributed by atoms with Gasteiger partial charge in [-0.15, -0.1) is 11.3 Å². The van der Waals surface area contributed by atoms with Crippen molar-refractivity contribution >= 4 is 29.1 Å².